The first-order chi connectivity index (χ1) is 11.1. The number of urea groups is 2. The van der Waals surface area contributed by atoms with E-state index in [4.69, 9.17) is 0 Å². The Labute approximate surface area is 134 Å². The molecule has 0 bridgehead atoms. The summed E-state index contributed by atoms with van der Waals surface area (Å²) in [5.41, 5.74) is 2.44. The van der Waals surface area contributed by atoms with Crippen LogP contribution < -0.4 is 20.9 Å². The van der Waals surface area contributed by atoms with Gasteiger partial charge in [-0.05, 0) is 29.8 Å². The van der Waals surface area contributed by atoms with E-state index < -0.39 is 0 Å². The number of rotatable bonds is 4. The number of anilines is 2. The van der Waals surface area contributed by atoms with E-state index in [2.05, 4.69) is 16.0 Å². The highest BCUT2D eigenvalue weighted by atomic mass is 16.2. The average molecular weight is 313 g/mol. The molecule has 1 aliphatic heterocycles. The highest BCUT2D eigenvalue weighted by Crippen LogP contribution is 2.20. The Hall–Kier alpha value is -2.96. The third-order valence-corrected chi connectivity index (χ3v) is 3.62. The molecule has 0 radical (unpaired) electrons. The lowest BCUT2D eigenvalue weighted by atomic mass is 10.2. The summed E-state index contributed by atoms with van der Waals surface area (Å²) in [5, 5.41) is 8.34. The fraction of sp³-hybridized carbons (Fsp3) is 0.250. The normalized spacial score (nSPS) is 13.8. The number of aromatic nitrogens is 1. The Morgan fingerprint density at radius 1 is 1.35 bits per heavy atom. The third-order valence-electron chi connectivity index (χ3n) is 3.62. The zero-order valence-electron chi connectivity index (χ0n) is 12.9. The predicted molar refractivity (Wildman–Crippen MR) is 88.5 cm³/mol. The number of hydrogen-bond acceptors (Lipinski definition) is 2. The first-order valence-electron chi connectivity index (χ1n) is 7.43. The second kappa shape index (κ2) is 6.43. The van der Waals surface area contributed by atoms with E-state index in [1.165, 1.54) is 0 Å². The van der Waals surface area contributed by atoms with Crippen LogP contribution in [0.25, 0.3) is 0 Å². The van der Waals surface area contributed by atoms with Crippen molar-refractivity contribution in [3.63, 3.8) is 0 Å². The summed E-state index contributed by atoms with van der Waals surface area (Å²) in [6.45, 7) is 1.72. The Kier molecular flexibility index (Phi) is 4.18. The van der Waals surface area contributed by atoms with Crippen LogP contribution in [0.5, 0.6) is 0 Å². The number of amides is 4. The van der Waals surface area contributed by atoms with Crippen LogP contribution in [0.4, 0.5) is 21.0 Å². The third kappa shape index (κ3) is 3.63. The van der Waals surface area contributed by atoms with Crippen LogP contribution >= 0.6 is 0 Å². The van der Waals surface area contributed by atoms with E-state index in [1.54, 1.807) is 17.0 Å². The molecule has 3 rings (SSSR count). The van der Waals surface area contributed by atoms with Crippen LogP contribution in [0.2, 0.25) is 0 Å². The van der Waals surface area contributed by atoms with Gasteiger partial charge in [-0.15, -0.1) is 0 Å². The molecule has 3 N–H and O–H groups in total. The van der Waals surface area contributed by atoms with Gasteiger partial charge in [0.15, 0.2) is 0 Å². The Bertz CT molecular complexity index is 725. The summed E-state index contributed by atoms with van der Waals surface area (Å²) in [6.07, 6.45) is 3.88. The molecule has 120 valence electrons. The fourth-order valence-electron chi connectivity index (χ4n) is 2.49. The number of carbonyl (C=O) groups is 2. The molecule has 0 unspecified atom stereocenters. The molecule has 1 aromatic carbocycles. The predicted octanol–water partition coefficient (Wildman–Crippen LogP) is 1.88. The largest absolute Gasteiger partial charge is 0.357 e. The molecular formula is C16H19N5O2. The summed E-state index contributed by atoms with van der Waals surface area (Å²) in [5.74, 6) is 0. The molecule has 1 aliphatic rings. The van der Waals surface area contributed by atoms with Gasteiger partial charge in [0.2, 0.25) is 0 Å². The van der Waals surface area contributed by atoms with Gasteiger partial charge in [-0.1, -0.05) is 6.07 Å². The molecule has 1 saturated heterocycles. The van der Waals surface area contributed by atoms with Crippen molar-refractivity contribution in [1.29, 1.82) is 0 Å². The molecule has 0 spiro atoms. The molecule has 7 heteroatoms. The number of nitrogens with zero attached hydrogens (tertiary/aromatic N) is 2. The van der Waals surface area contributed by atoms with Crippen molar-refractivity contribution in [3.05, 3.63) is 48.3 Å². The lowest BCUT2D eigenvalue weighted by molar-refractivity contribution is 0.251. The van der Waals surface area contributed by atoms with E-state index in [9.17, 15) is 9.59 Å². The monoisotopic (exact) mass is 313 g/mol. The number of carbonyl (C=O) groups excluding carboxylic acids is 2. The van der Waals surface area contributed by atoms with Crippen molar-refractivity contribution < 1.29 is 9.59 Å². The fourth-order valence-corrected chi connectivity index (χ4v) is 2.49. The first kappa shape index (κ1) is 15.0. The van der Waals surface area contributed by atoms with Gasteiger partial charge in [0.05, 0.1) is 0 Å². The van der Waals surface area contributed by atoms with Gasteiger partial charge in [-0.25, -0.2) is 9.59 Å². The van der Waals surface area contributed by atoms with Crippen LogP contribution in [0, 0.1) is 0 Å². The van der Waals surface area contributed by atoms with Crippen molar-refractivity contribution in [3.8, 4) is 0 Å². The topological polar surface area (TPSA) is 78.4 Å². The molecular weight excluding hydrogens is 294 g/mol. The van der Waals surface area contributed by atoms with Gasteiger partial charge in [-0.3, -0.25) is 4.90 Å². The maximum atomic E-state index is 12.0. The number of aryl methyl sites for hydroxylation is 1. The minimum atomic E-state index is -0.281. The minimum Gasteiger partial charge on any atom is -0.357 e. The zero-order chi connectivity index (χ0) is 16.2. The highest BCUT2D eigenvalue weighted by molar-refractivity contribution is 5.95. The Balaban J connectivity index is 1.59. The summed E-state index contributed by atoms with van der Waals surface area (Å²) in [4.78, 5) is 25.3. The van der Waals surface area contributed by atoms with Crippen LogP contribution in [0.1, 0.15) is 5.56 Å². The maximum Gasteiger partial charge on any atom is 0.321 e. The molecule has 0 aliphatic carbocycles. The second-order valence-corrected chi connectivity index (χ2v) is 5.43. The number of hydrogen-bond donors (Lipinski definition) is 3. The first-order valence-corrected chi connectivity index (χ1v) is 7.43. The molecule has 23 heavy (non-hydrogen) atoms. The molecule has 0 atom stereocenters. The van der Waals surface area contributed by atoms with Crippen molar-refractivity contribution in [2.24, 2.45) is 7.05 Å². The van der Waals surface area contributed by atoms with E-state index in [-0.39, 0.29) is 12.1 Å². The van der Waals surface area contributed by atoms with Crippen molar-refractivity contribution in [2.75, 3.05) is 23.3 Å². The van der Waals surface area contributed by atoms with Crippen LogP contribution in [0.15, 0.2) is 42.7 Å². The molecule has 2 aromatic rings. The number of nitrogens with one attached hydrogen (secondary N) is 3. The van der Waals surface area contributed by atoms with E-state index in [0.717, 1.165) is 11.3 Å². The van der Waals surface area contributed by atoms with Crippen LogP contribution in [-0.2, 0) is 13.6 Å². The summed E-state index contributed by atoms with van der Waals surface area (Å²) in [6, 6.07) is 8.79. The second-order valence-electron chi connectivity index (χ2n) is 5.43. The van der Waals surface area contributed by atoms with Gasteiger partial charge in [-0.2, -0.15) is 0 Å². The Morgan fingerprint density at radius 3 is 2.91 bits per heavy atom. The quantitative estimate of drug-likeness (QED) is 0.806. The molecule has 1 fully saturated rings. The van der Waals surface area contributed by atoms with E-state index >= 15 is 0 Å². The maximum absolute atomic E-state index is 12.0. The van der Waals surface area contributed by atoms with Crippen molar-refractivity contribution in [2.45, 2.75) is 6.54 Å². The SMILES string of the molecule is Cn1ccc(CNC(=O)Nc2cccc(N3CCNC3=O)c2)c1. The van der Waals surface area contributed by atoms with E-state index in [1.807, 2.05) is 42.2 Å². The van der Waals surface area contributed by atoms with Crippen LogP contribution in [-0.4, -0.2) is 29.7 Å². The molecule has 7 nitrogen and oxygen atoms in total. The van der Waals surface area contributed by atoms with Gasteiger partial charge >= 0.3 is 12.1 Å². The number of benzene rings is 1. The molecule has 4 amide bonds. The lowest BCUT2D eigenvalue weighted by Gasteiger charge is -2.15. The molecule has 1 aromatic heterocycles. The van der Waals surface area contributed by atoms with Gasteiger partial charge in [0, 0.05) is 50.5 Å². The molecule has 0 saturated carbocycles. The van der Waals surface area contributed by atoms with Crippen LogP contribution in [0.3, 0.4) is 0 Å². The van der Waals surface area contributed by atoms with Gasteiger partial charge in [0.1, 0.15) is 0 Å². The van der Waals surface area contributed by atoms with Crippen molar-refractivity contribution >= 4 is 23.4 Å². The average Bonchev–Trinajstić information content (AvgIpc) is 3.14. The van der Waals surface area contributed by atoms with Gasteiger partial charge in [0.25, 0.3) is 0 Å². The standard InChI is InChI=1S/C16H19N5O2/c1-20-7-5-12(11-20)10-18-15(22)19-13-3-2-4-14(9-13)21-8-6-17-16(21)23/h2-5,7,9,11H,6,8,10H2,1H3,(H,17,23)(H2,18,19,22). The zero-order valence-corrected chi connectivity index (χ0v) is 12.9. The molecule has 2 heterocycles. The minimum absolute atomic E-state index is 0.115. The van der Waals surface area contributed by atoms with E-state index in [0.29, 0.717) is 25.3 Å². The smallest absolute Gasteiger partial charge is 0.321 e. The lowest BCUT2D eigenvalue weighted by Crippen LogP contribution is -2.29. The summed E-state index contributed by atoms with van der Waals surface area (Å²) < 4.78 is 1.93. The van der Waals surface area contributed by atoms with Crippen molar-refractivity contribution in [1.82, 2.24) is 15.2 Å². The summed E-state index contributed by atoms with van der Waals surface area (Å²) in [7, 11) is 1.93. The highest BCUT2D eigenvalue weighted by Gasteiger charge is 2.21. The Morgan fingerprint density at radius 2 is 2.22 bits per heavy atom. The summed E-state index contributed by atoms with van der Waals surface area (Å²) >= 11 is 0. The van der Waals surface area contributed by atoms with Gasteiger partial charge < -0.3 is 20.5 Å².